The van der Waals surface area contributed by atoms with E-state index in [2.05, 4.69) is 16.0 Å². The number of hydrogen-bond donors (Lipinski definition) is 7. The average molecular weight is 476 g/mol. The van der Waals surface area contributed by atoms with E-state index in [1.54, 1.807) is 0 Å². The summed E-state index contributed by atoms with van der Waals surface area (Å²) in [4.78, 5) is 35.4. The van der Waals surface area contributed by atoms with Crippen molar-refractivity contribution in [3.8, 4) is 0 Å². The number of hydrogen-bond acceptors (Lipinski definition) is 9. The van der Waals surface area contributed by atoms with Gasteiger partial charge in [-0.15, -0.1) is 0 Å². The third-order valence-electron chi connectivity index (χ3n) is 4.89. The lowest BCUT2D eigenvalue weighted by molar-refractivity contribution is -0.121. The molecule has 0 spiro atoms. The van der Waals surface area contributed by atoms with Crippen molar-refractivity contribution in [3.63, 3.8) is 0 Å². The summed E-state index contributed by atoms with van der Waals surface area (Å²) in [6.45, 7) is 2.65. The molecule has 0 aromatic carbocycles. The van der Waals surface area contributed by atoms with Gasteiger partial charge in [-0.2, -0.15) is 0 Å². The van der Waals surface area contributed by atoms with Crippen LogP contribution in [0.4, 0.5) is 9.59 Å². The van der Waals surface area contributed by atoms with Crippen molar-refractivity contribution in [2.45, 2.75) is 69.9 Å². The quantitative estimate of drug-likeness (QED) is 0.108. The summed E-state index contributed by atoms with van der Waals surface area (Å²) < 4.78 is 10.1. The van der Waals surface area contributed by atoms with Crippen LogP contribution in [0.25, 0.3) is 0 Å². The third-order valence-corrected chi connectivity index (χ3v) is 4.89. The minimum Gasteiger partial charge on any atom is -0.448 e. The molecule has 2 unspecified atom stereocenters. The molecule has 12 heteroatoms. The number of nitrogens with two attached hydrogens (primary N) is 4. The fraction of sp³-hybridized carbons (Fsp3) is 0.857. The fourth-order valence-corrected chi connectivity index (χ4v) is 3.08. The zero-order valence-corrected chi connectivity index (χ0v) is 19.8. The number of amides is 3. The number of carbonyl (C=O) groups is 3. The van der Waals surface area contributed by atoms with Crippen molar-refractivity contribution in [1.29, 1.82) is 0 Å². The van der Waals surface area contributed by atoms with Crippen LogP contribution in [-0.2, 0) is 14.3 Å². The second-order valence-electron chi connectivity index (χ2n) is 7.93. The van der Waals surface area contributed by atoms with Crippen molar-refractivity contribution in [1.82, 2.24) is 16.0 Å². The molecule has 0 aliphatic heterocycles. The number of ether oxygens (including phenoxy) is 2. The molecule has 0 aromatic rings. The molecule has 0 aromatic heterocycles. The molecular weight excluding hydrogens is 430 g/mol. The van der Waals surface area contributed by atoms with Crippen molar-refractivity contribution >= 4 is 18.1 Å². The summed E-state index contributed by atoms with van der Waals surface area (Å²) in [5.41, 5.74) is 21.5. The van der Waals surface area contributed by atoms with E-state index >= 15 is 0 Å². The first-order valence-electron chi connectivity index (χ1n) is 11.9. The van der Waals surface area contributed by atoms with E-state index in [0.717, 1.165) is 51.5 Å². The van der Waals surface area contributed by atoms with Gasteiger partial charge in [0.15, 0.2) is 0 Å². The zero-order valence-electron chi connectivity index (χ0n) is 19.8. The van der Waals surface area contributed by atoms with Gasteiger partial charge < -0.3 is 48.4 Å². The lowest BCUT2D eigenvalue weighted by Crippen LogP contribution is -2.45. The largest absolute Gasteiger partial charge is 0.448 e. The second kappa shape index (κ2) is 21.7. The number of unbranched alkanes of at least 4 members (excludes halogenated alkanes) is 4. The van der Waals surface area contributed by atoms with Crippen LogP contribution in [0.2, 0.25) is 0 Å². The monoisotopic (exact) mass is 475 g/mol. The highest BCUT2D eigenvalue weighted by Gasteiger charge is 2.18. The van der Waals surface area contributed by atoms with Crippen molar-refractivity contribution in [2.75, 3.05) is 45.9 Å². The Balaban J connectivity index is 4.51. The maximum Gasteiger partial charge on any atom is 0.407 e. The molecule has 2 atom stereocenters. The Morgan fingerprint density at radius 1 is 0.697 bits per heavy atom. The van der Waals surface area contributed by atoms with E-state index in [4.69, 9.17) is 32.4 Å². The van der Waals surface area contributed by atoms with Crippen molar-refractivity contribution < 1.29 is 23.9 Å². The van der Waals surface area contributed by atoms with Gasteiger partial charge in [0.05, 0.1) is 18.6 Å². The Kier molecular flexibility index (Phi) is 20.3. The number of primary amides is 1. The molecule has 0 saturated heterocycles. The van der Waals surface area contributed by atoms with Crippen molar-refractivity contribution in [3.05, 3.63) is 0 Å². The van der Waals surface area contributed by atoms with Crippen LogP contribution in [0, 0.1) is 0 Å². The van der Waals surface area contributed by atoms with Gasteiger partial charge in [-0.05, 0) is 64.7 Å². The Morgan fingerprint density at radius 2 is 1.24 bits per heavy atom. The number of rotatable bonds is 21. The molecular formula is C21H45N7O5. The Morgan fingerprint density at radius 3 is 1.82 bits per heavy atom. The Labute approximate surface area is 197 Å². The zero-order chi connectivity index (χ0) is 24.7. The molecule has 12 nitrogen and oxygen atoms in total. The molecule has 0 saturated carbocycles. The first-order valence-corrected chi connectivity index (χ1v) is 11.9. The topological polar surface area (TPSA) is 210 Å². The van der Waals surface area contributed by atoms with E-state index in [9.17, 15) is 14.4 Å². The van der Waals surface area contributed by atoms with E-state index in [1.165, 1.54) is 0 Å². The molecule has 0 bridgehead atoms. The van der Waals surface area contributed by atoms with Crippen LogP contribution in [0.15, 0.2) is 0 Å². The number of alkyl carbamates (subject to hydrolysis) is 1. The summed E-state index contributed by atoms with van der Waals surface area (Å²) in [6.07, 6.45) is 5.72. The Bertz CT molecular complexity index is 525. The van der Waals surface area contributed by atoms with Gasteiger partial charge in [-0.1, -0.05) is 19.3 Å². The van der Waals surface area contributed by atoms with E-state index in [-0.39, 0.29) is 31.7 Å². The third kappa shape index (κ3) is 20.2. The van der Waals surface area contributed by atoms with E-state index < -0.39 is 18.2 Å². The normalized spacial score (nSPS) is 12.6. The summed E-state index contributed by atoms with van der Waals surface area (Å²) in [6, 6.07) is -0.767. The molecule has 194 valence electrons. The van der Waals surface area contributed by atoms with Gasteiger partial charge in [-0.3, -0.25) is 4.79 Å². The lowest BCUT2D eigenvalue weighted by atomic mass is 10.1. The molecule has 3 amide bonds. The van der Waals surface area contributed by atoms with Crippen LogP contribution in [0.5, 0.6) is 0 Å². The average Bonchev–Trinajstić information content (AvgIpc) is 2.78. The molecule has 0 fully saturated rings. The maximum atomic E-state index is 12.3. The summed E-state index contributed by atoms with van der Waals surface area (Å²) >= 11 is 0. The molecule has 0 radical (unpaired) electrons. The Hall–Kier alpha value is -2.15. The summed E-state index contributed by atoms with van der Waals surface area (Å²) in [5, 5.41) is 8.68. The van der Waals surface area contributed by atoms with Gasteiger partial charge in [0.2, 0.25) is 5.91 Å². The summed E-state index contributed by atoms with van der Waals surface area (Å²) in [5.74, 6) is -0.162. The van der Waals surface area contributed by atoms with Crippen LogP contribution in [0.1, 0.15) is 57.8 Å². The SMILES string of the molecule is NCCCCCNCC(=O)NC(CCCCN)COC(=O)NC(CCCCN)COC(N)=O. The highest BCUT2D eigenvalue weighted by molar-refractivity contribution is 5.78. The predicted molar refractivity (Wildman–Crippen MR) is 127 cm³/mol. The minimum atomic E-state index is -0.912. The summed E-state index contributed by atoms with van der Waals surface area (Å²) in [7, 11) is 0. The minimum absolute atomic E-state index is 0.0187. The second-order valence-corrected chi connectivity index (χ2v) is 7.93. The lowest BCUT2D eigenvalue weighted by Gasteiger charge is -2.21. The van der Waals surface area contributed by atoms with Gasteiger partial charge in [0.1, 0.15) is 13.2 Å². The molecule has 0 heterocycles. The molecule has 0 aliphatic rings. The number of nitrogens with one attached hydrogen (secondary N) is 3. The smallest absolute Gasteiger partial charge is 0.407 e. The van der Waals surface area contributed by atoms with Crippen molar-refractivity contribution in [2.24, 2.45) is 22.9 Å². The first kappa shape index (κ1) is 30.9. The number of carbonyl (C=O) groups excluding carboxylic acids is 3. The van der Waals surface area contributed by atoms with E-state index in [1.807, 2.05) is 0 Å². The molecule has 11 N–H and O–H groups in total. The van der Waals surface area contributed by atoms with Crippen LogP contribution < -0.4 is 38.9 Å². The standard InChI is InChI=1S/C21H45N7O5/c22-10-4-1-7-13-26-14-19(29)27-17(8-2-5-11-23)16-33-21(31)28-18(9-3-6-12-24)15-32-20(25)30/h17-18,26H,1-16,22-24H2,(H2,25,30)(H,27,29)(H,28,31). The molecule has 0 aliphatic carbocycles. The predicted octanol–water partition coefficient (Wildman–Crippen LogP) is -0.362. The first-order chi connectivity index (χ1) is 15.9. The fourth-order valence-electron chi connectivity index (χ4n) is 3.08. The maximum absolute atomic E-state index is 12.3. The van der Waals surface area contributed by atoms with Gasteiger partial charge in [-0.25, -0.2) is 9.59 Å². The highest BCUT2D eigenvalue weighted by Crippen LogP contribution is 2.04. The van der Waals surface area contributed by atoms with Crippen LogP contribution >= 0.6 is 0 Å². The highest BCUT2D eigenvalue weighted by atomic mass is 16.6. The van der Waals surface area contributed by atoms with Crippen LogP contribution in [-0.4, -0.2) is 76.1 Å². The van der Waals surface area contributed by atoms with E-state index in [0.29, 0.717) is 32.5 Å². The molecule has 0 rings (SSSR count). The molecule has 33 heavy (non-hydrogen) atoms. The van der Waals surface area contributed by atoms with Gasteiger partial charge in [0, 0.05) is 0 Å². The van der Waals surface area contributed by atoms with Gasteiger partial charge >= 0.3 is 12.2 Å². The van der Waals surface area contributed by atoms with Gasteiger partial charge in [0.25, 0.3) is 0 Å². The van der Waals surface area contributed by atoms with Crippen LogP contribution in [0.3, 0.4) is 0 Å².